The fourth-order valence-electron chi connectivity index (χ4n) is 2.83. The zero-order chi connectivity index (χ0) is 22.2. The number of carbonyl (C=O) groups excluding carboxylic acids is 2. The van der Waals surface area contributed by atoms with E-state index in [0.29, 0.717) is 0 Å². The molecule has 0 radical (unpaired) electrons. The van der Waals surface area contributed by atoms with Crippen LogP contribution < -0.4 is 0 Å². The Morgan fingerprint density at radius 3 is 1.97 bits per heavy atom. The van der Waals surface area contributed by atoms with Gasteiger partial charge >= 0.3 is 30.5 Å². The van der Waals surface area contributed by atoms with Gasteiger partial charge in [-0.3, -0.25) is 4.79 Å². The van der Waals surface area contributed by atoms with E-state index in [9.17, 15) is 9.59 Å². The van der Waals surface area contributed by atoms with Crippen molar-refractivity contribution in [3.05, 3.63) is 46.5 Å². The summed E-state index contributed by atoms with van der Waals surface area (Å²) in [5, 5.41) is 9.64. The number of ether oxygens (including phenoxy) is 1. The van der Waals surface area contributed by atoms with Gasteiger partial charge in [0.05, 0.1) is 6.54 Å². The number of hydrogen-bond donors (Lipinski definition) is 0. The summed E-state index contributed by atoms with van der Waals surface area (Å²) in [4.78, 5) is 26.3. The molecule has 0 unspecified atom stereocenters. The molecule has 0 spiro atoms. The molecule has 1 aliphatic rings. The van der Waals surface area contributed by atoms with Crippen LogP contribution in [0.5, 0.6) is 0 Å². The van der Waals surface area contributed by atoms with Gasteiger partial charge in [0, 0.05) is 0 Å². The van der Waals surface area contributed by atoms with Crippen molar-refractivity contribution in [1.82, 2.24) is 4.90 Å². The number of rotatable bonds is 5. The van der Waals surface area contributed by atoms with Crippen molar-refractivity contribution < 1.29 is 38.7 Å². The van der Waals surface area contributed by atoms with E-state index >= 15 is 0 Å². The number of imide groups is 1. The summed E-state index contributed by atoms with van der Waals surface area (Å²) in [6.45, 7) is 12.3. The maximum atomic E-state index is 13.2. The van der Waals surface area contributed by atoms with E-state index in [0.717, 1.165) is 10.5 Å². The number of cyclic esters (lactones) is 1. The van der Waals surface area contributed by atoms with Crippen molar-refractivity contribution in [3.8, 4) is 0 Å². The fraction of sp³-hybridized carbons (Fsp3) is 0.600. The molecule has 0 aromatic heterocycles. The molecule has 0 saturated carbocycles. The predicted octanol–water partition coefficient (Wildman–Crippen LogP) is 4.18. The molecular formula is C20H29N3O5Os. The average molecular weight is 582 g/mol. The Kier molecular flexibility index (Phi) is 9.54. The summed E-state index contributed by atoms with van der Waals surface area (Å²) >= 11 is -2.08. The standard InChI is InChI=1S/C20H29N3O3.2O.Os/c1-19(2,3)21-15(14-10-8-7-9-11-14)16(22-20(4,5)6)17(24)23-12-13-26-18(23)25;;;/h7-11,15-16H,12-13H2,1-6H3;;;/q-2;;;+2/t15-,16+;;;/m0.../s1. The van der Waals surface area contributed by atoms with Gasteiger partial charge in [-0.2, -0.15) is 0 Å². The first kappa shape index (κ1) is 25.4. The monoisotopic (exact) mass is 583 g/mol. The van der Waals surface area contributed by atoms with Crippen LogP contribution in [-0.4, -0.2) is 47.2 Å². The SMILES string of the molecule is CC(C)(C)[N-][C@@H](C(=O)N1CCOC1=O)[C@@H]([N-]C(C)(C)C)c1ccccc1.[O]=[Os+2]=[O]. The zero-order valence-corrected chi connectivity index (χ0v) is 20.2. The van der Waals surface area contributed by atoms with Gasteiger partial charge in [-0.1, -0.05) is 83.5 Å². The van der Waals surface area contributed by atoms with E-state index in [1.807, 2.05) is 71.9 Å². The van der Waals surface area contributed by atoms with Crippen molar-refractivity contribution in [2.24, 2.45) is 0 Å². The zero-order valence-electron chi connectivity index (χ0n) is 17.7. The number of carbonyl (C=O) groups is 2. The van der Waals surface area contributed by atoms with E-state index in [4.69, 9.17) is 22.4 Å². The Hall–Kier alpha value is -1.68. The third kappa shape index (κ3) is 8.69. The van der Waals surface area contributed by atoms with E-state index < -0.39 is 41.0 Å². The summed E-state index contributed by atoms with van der Waals surface area (Å²) in [7, 11) is 0. The van der Waals surface area contributed by atoms with Gasteiger partial charge in [-0.25, -0.2) is 9.69 Å². The maximum absolute atomic E-state index is 13.2. The number of amides is 2. The number of nitrogens with zero attached hydrogens (tertiary/aromatic N) is 3. The second kappa shape index (κ2) is 10.9. The van der Waals surface area contributed by atoms with Crippen LogP contribution in [0.2, 0.25) is 0 Å². The second-order valence-electron chi connectivity index (χ2n) is 8.56. The molecule has 1 heterocycles. The Morgan fingerprint density at radius 1 is 1.03 bits per heavy atom. The molecule has 1 aromatic carbocycles. The summed E-state index contributed by atoms with van der Waals surface area (Å²) in [6, 6.07) is 8.39. The normalized spacial score (nSPS) is 16.3. The predicted molar refractivity (Wildman–Crippen MR) is 104 cm³/mol. The van der Waals surface area contributed by atoms with E-state index in [2.05, 4.69) is 0 Å². The van der Waals surface area contributed by atoms with Crippen LogP contribution in [0.25, 0.3) is 10.6 Å². The first-order valence-electron chi connectivity index (χ1n) is 9.24. The van der Waals surface area contributed by atoms with Crippen LogP contribution in [-0.2, 0) is 33.9 Å². The minimum atomic E-state index is -2.08. The molecule has 29 heavy (non-hydrogen) atoms. The van der Waals surface area contributed by atoms with Gasteiger partial charge in [0.2, 0.25) is 5.91 Å². The Labute approximate surface area is 180 Å². The average Bonchev–Trinajstić information content (AvgIpc) is 3.03. The molecule has 9 heteroatoms. The third-order valence-electron chi connectivity index (χ3n) is 3.77. The van der Waals surface area contributed by atoms with Gasteiger partial charge < -0.3 is 15.4 Å². The van der Waals surface area contributed by atoms with Crippen LogP contribution in [0.3, 0.4) is 0 Å². The molecule has 0 N–H and O–H groups in total. The summed E-state index contributed by atoms with van der Waals surface area (Å²) in [5.41, 5.74) is 0.0869. The molecule has 8 nitrogen and oxygen atoms in total. The first-order chi connectivity index (χ1) is 13.4. The topological polar surface area (TPSA) is 109 Å². The van der Waals surface area contributed by atoms with Crippen molar-refractivity contribution in [2.45, 2.75) is 64.7 Å². The fourth-order valence-corrected chi connectivity index (χ4v) is 2.83. The molecule has 1 aliphatic heterocycles. The summed E-state index contributed by atoms with van der Waals surface area (Å²) < 4.78 is 22.0. The molecule has 0 aliphatic carbocycles. The van der Waals surface area contributed by atoms with E-state index in [1.165, 1.54) is 0 Å². The minimum absolute atomic E-state index is 0.221. The van der Waals surface area contributed by atoms with Crippen molar-refractivity contribution >= 4 is 12.0 Å². The number of hydrogen-bond acceptors (Lipinski definition) is 5. The Bertz CT molecular complexity index is 722. The molecule has 0 bridgehead atoms. The molecule has 2 atom stereocenters. The van der Waals surface area contributed by atoms with Gasteiger partial charge in [0.15, 0.2) is 0 Å². The molecular weight excluding hydrogens is 552 g/mol. The molecule has 1 saturated heterocycles. The van der Waals surface area contributed by atoms with Crippen molar-refractivity contribution in [1.29, 1.82) is 0 Å². The van der Waals surface area contributed by atoms with Crippen molar-refractivity contribution in [3.63, 3.8) is 0 Å². The third-order valence-corrected chi connectivity index (χ3v) is 3.77. The van der Waals surface area contributed by atoms with Crippen LogP contribution in [0.1, 0.15) is 53.1 Å². The van der Waals surface area contributed by atoms with Gasteiger partial charge in [-0.15, -0.1) is 17.1 Å². The molecule has 2 rings (SSSR count). The van der Waals surface area contributed by atoms with E-state index in [-0.39, 0.29) is 24.6 Å². The van der Waals surface area contributed by atoms with Gasteiger partial charge in [0.1, 0.15) is 6.61 Å². The van der Waals surface area contributed by atoms with Crippen LogP contribution in [0.4, 0.5) is 4.79 Å². The quantitative estimate of drug-likeness (QED) is 0.518. The van der Waals surface area contributed by atoms with E-state index in [1.54, 1.807) is 0 Å². The van der Waals surface area contributed by atoms with Crippen molar-refractivity contribution in [2.75, 3.05) is 13.2 Å². The molecule has 2 amide bonds. The molecule has 162 valence electrons. The summed E-state index contributed by atoms with van der Waals surface area (Å²) in [5.74, 6) is -0.357. The number of benzene rings is 1. The Balaban J connectivity index is 0.00000132. The Morgan fingerprint density at radius 2 is 1.55 bits per heavy atom. The first-order valence-corrected chi connectivity index (χ1v) is 11.3. The van der Waals surface area contributed by atoms with Gasteiger partial charge in [0.25, 0.3) is 0 Å². The van der Waals surface area contributed by atoms with Crippen LogP contribution in [0.15, 0.2) is 30.3 Å². The molecule has 1 fully saturated rings. The molecule has 1 aromatic rings. The van der Waals surface area contributed by atoms with Gasteiger partial charge in [-0.05, 0) is 0 Å². The van der Waals surface area contributed by atoms with Crippen LogP contribution in [0, 0.1) is 0 Å². The summed E-state index contributed by atoms with van der Waals surface area (Å²) in [6.07, 6.45) is -0.605. The second-order valence-corrected chi connectivity index (χ2v) is 8.99. The van der Waals surface area contributed by atoms with Crippen LogP contribution >= 0.6 is 0 Å².